The Morgan fingerprint density at radius 2 is 0.652 bits per heavy atom. The number of rotatable bonds is 13. The van der Waals surface area contributed by atoms with Crippen molar-refractivity contribution in [1.29, 1.82) is 5.26 Å². The summed E-state index contributed by atoms with van der Waals surface area (Å²) in [5.74, 6) is 0.857. The zero-order chi connectivity index (χ0) is 77.1. The maximum Gasteiger partial charge on any atom is 0.137 e. The number of aryl methyl sites for hydroxylation is 4. The van der Waals surface area contributed by atoms with Gasteiger partial charge in [-0.15, -0.1) is 0 Å². The number of benzene rings is 20. The summed E-state index contributed by atoms with van der Waals surface area (Å²) in [4.78, 5) is 14.9. The van der Waals surface area contributed by atoms with Crippen molar-refractivity contribution in [2.24, 2.45) is 0 Å². The van der Waals surface area contributed by atoms with E-state index >= 15 is 0 Å². The first kappa shape index (κ1) is 67.3. The third kappa shape index (κ3) is 10.2. The molecule has 1 aliphatic carbocycles. The van der Waals surface area contributed by atoms with Crippen LogP contribution in [0, 0.1) is 39.0 Å². The monoisotopic (exact) mass is 1470 g/mol. The van der Waals surface area contributed by atoms with Crippen LogP contribution in [0.25, 0.3) is 130 Å². The van der Waals surface area contributed by atoms with Crippen molar-refractivity contribution in [3.8, 4) is 28.3 Å². The number of fused-ring (bicyclic) bond motifs is 12. The quantitative estimate of drug-likeness (QED) is 0.0847. The Bertz CT molecular complexity index is 7520. The first-order chi connectivity index (χ1) is 56.4. The summed E-state index contributed by atoms with van der Waals surface area (Å²) in [6.45, 7) is 13.9. The molecule has 0 unspecified atom stereocenters. The van der Waals surface area contributed by atoms with E-state index in [2.05, 4.69) is 395 Å². The third-order valence-corrected chi connectivity index (χ3v) is 25.0. The van der Waals surface area contributed by atoms with Crippen LogP contribution in [0.15, 0.2) is 352 Å². The smallest absolute Gasteiger partial charge is 0.137 e. The van der Waals surface area contributed by atoms with Crippen molar-refractivity contribution >= 4 is 176 Å². The fourth-order valence-corrected chi connectivity index (χ4v) is 19.8. The van der Waals surface area contributed by atoms with Gasteiger partial charge in [0.25, 0.3) is 0 Å². The predicted octanol–water partition coefficient (Wildman–Crippen LogP) is 30.4. The van der Waals surface area contributed by atoms with Gasteiger partial charge >= 0.3 is 0 Å². The normalized spacial score (nSPS) is 12.5. The molecule has 0 spiro atoms. The van der Waals surface area contributed by atoms with Gasteiger partial charge in [0.15, 0.2) is 0 Å². The van der Waals surface area contributed by atoms with Crippen LogP contribution in [0.2, 0.25) is 0 Å². The summed E-state index contributed by atoms with van der Waals surface area (Å²) in [6.07, 6.45) is 1.90. The minimum absolute atomic E-state index is 0.241. The Morgan fingerprint density at radius 1 is 0.261 bits per heavy atom. The minimum Gasteiger partial charge on any atom is -0.310 e. The third-order valence-electron chi connectivity index (χ3n) is 25.0. The first-order valence-electron chi connectivity index (χ1n) is 39.8. The maximum atomic E-state index is 10.4. The van der Waals surface area contributed by atoms with E-state index < -0.39 is 0 Å². The molecule has 6 nitrogen and oxygen atoms in total. The molecule has 0 fully saturated rings. The number of hydrogen-bond acceptors (Lipinski definition) is 6. The van der Waals surface area contributed by atoms with Crippen LogP contribution >= 0.6 is 0 Å². The fraction of sp³-hybridized carbons (Fsp3) is 0.0642. The molecule has 115 heavy (non-hydrogen) atoms. The van der Waals surface area contributed by atoms with Gasteiger partial charge in [-0.05, 0) is 276 Å². The van der Waals surface area contributed by atoms with E-state index in [1.165, 1.54) is 125 Å². The lowest BCUT2D eigenvalue weighted by molar-refractivity contribution is 0.660. The highest BCUT2D eigenvalue weighted by atomic mass is 15.2. The van der Waals surface area contributed by atoms with Crippen molar-refractivity contribution in [2.75, 3.05) is 19.6 Å². The van der Waals surface area contributed by atoms with Crippen LogP contribution in [0.4, 0.5) is 68.4 Å². The van der Waals surface area contributed by atoms with Gasteiger partial charge in [0.1, 0.15) is 5.82 Å². The predicted molar refractivity (Wildman–Crippen MR) is 487 cm³/mol. The van der Waals surface area contributed by atoms with Crippen LogP contribution in [0.3, 0.4) is 0 Å². The lowest BCUT2D eigenvalue weighted by Gasteiger charge is -2.32. The molecule has 0 saturated carbocycles. The van der Waals surface area contributed by atoms with Crippen molar-refractivity contribution in [3.63, 3.8) is 0 Å². The Balaban J connectivity index is 0.730. The van der Waals surface area contributed by atoms with Gasteiger partial charge in [0.2, 0.25) is 0 Å². The van der Waals surface area contributed by atoms with Gasteiger partial charge in [0.05, 0.1) is 40.1 Å². The second kappa shape index (κ2) is 26.0. The highest BCUT2D eigenvalue weighted by molar-refractivity contribution is 6.41. The Hall–Kier alpha value is -14.6. The van der Waals surface area contributed by atoms with E-state index in [1.807, 2.05) is 24.4 Å². The average molecular weight is 1470 g/mol. The topological polar surface area (TPSA) is 49.6 Å². The molecular formula is C109H76N6. The molecule has 0 radical (unpaired) electrons. The van der Waals surface area contributed by atoms with Gasteiger partial charge in [-0.1, -0.05) is 226 Å². The molecule has 21 aromatic rings. The molecule has 1 aromatic heterocycles. The molecule has 1 heterocycles. The van der Waals surface area contributed by atoms with Crippen LogP contribution in [-0.2, 0) is 5.41 Å². The lowest BCUT2D eigenvalue weighted by atomic mass is 9.82. The van der Waals surface area contributed by atoms with E-state index in [0.29, 0.717) is 5.56 Å². The number of nitrogens with zero attached hydrogens (tertiary/aromatic N) is 6. The van der Waals surface area contributed by atoms with E-state index in [9.17, 15) is 5.26 Å². The molecule has 1 aliphatic rings. The molecule has 542 valence electrons. The molecule has 0 amide bonds. The molecule has 6 heteroatoms. The number of hydrogen-bond donors (Lipinski definition) is 0. The van der Waals surface area contributed by atoms with E-state index in [0.717, 1.165) is 106 Å². The molecule has 0 bridgehead atoms. The fourth-order valence-electron chi connectivity index (χ4n) is 19.8. The van der Waals surface area contributed by atoms with Crippen molar-refractivity contribution in [1.82, 2.24) is 4.98 Å². The van der Waals surface area contributed by atoms with Gasteiger partial charge in [0, 0.05) is 94.2 Å². The van der Waals surface area contributed by atoms with Crippen LogP contribution < -0.4 is 19.6 Å². The summed E-state index contributed by atoms with van der Waals surface area (Å²) >= 11 is 0. The number of pyridine rings is 1. The van der Waals surface area contributed by atoms with Crippen LogP contribution in [0.1, 0.15) is 52.8 Å². The molecule has 22 rings (SSSR count). The van der Waals surface area contributed by atoms with Gasteiger partial charge in [-0.2, -0.15) is 5.26 Å². The lowest BCUT2D eigenvalue weighted by Crippen LogP contribution is -2.17. The average Bonchev–Trinajstić information content (AvgIpc) is 1.51. The highest BCUT2D eigenvalue weighted by Crippen LogP contribution is 2.58. The highest BCUT2D eigenvalue weighted by Gasteiger charge is 2.37. The standard InChI is InChI=1S/C109H76N6/c1-66-58-96(112(74-26-10-7-11-27-74)75-28-12-8-13-29-75)101-88-35-18-20-37-90(88)103-98(60-68(3)82-55-53-80(66)105(101)107(82)103)114(78-47-41-70(65-110)42-48-78)95-63-73-44-43-72(62-92(73)84-32-16-17-34-87(84)95)71-45-49-77(50-46-71)113(79-51-52-86-85-33-22-23-39-93(85)109(5,6)94(86)64-79)97-59-67(2)81-54-56-83-69(4)61-99(104-91-38-21-19-36-89(91)102(97)106(81)108(83)104)115(76-30-14-9-15-31-76)100-40-24-25-57-111-100/h7-64H,1-6H3. The molecule has 0 saturated heterocycles. The largest absolute Gasteiger partial charge is 0.310 e. The van der Waals surface area contributed by atoms with Crippen molar-refractivity contribution in [3.05, 3.63) is 391 Å². The first-order valence-corrected chi connectivity index (χ1v) is 39.8. The van der Waals surface area contributed by atoms with Gasteiger partial charge in [-0.3, -0.25) is 4.90 Å². The second-order valence-electron chi connectivity index (χ2n) is 31.8. The zero-order valence-corrected chi connectivity index (χ0v) is 64.7. The summed E-state index contributed by atoms with van der Waals surface area (Å²) in [7, 11) is 0. The molecule has 0 N–H and O–H groups in total. The van der Waals surface area contributed by atoms with E-state index in [-0.39, 0.29) is 5.41 Å². The summed E-state index contributed by atoms with van der Waals surface area (Å²) in [5.41, 5.74) is 24.4. The molecule has 0 atom stereocenters. The minimum atomic E-state index is -0.241. The molecule has 0 aliphatic heterocycles. The van der Waals surface area contributed by atoms with Crippen LogP contribution in [0.5, 0.6) is 0 Å². The summed E-state index contributed by atoms with van der Waals surface area (Å²) in [6, 6.07) is 130. The van der Waals surface area contributed by atoms with Crippen molar-refractivity contribution in [2.45, 2.75) is 47.0 Å². The van der Waals surface area contributed by atoms with Crippen molar-refractivity contribution < 1.29 is 0 Å². The number of anilines is 12. The summed E-state index contributed by atoms with van der Waals surface area (Å²) in [5, 5.41) is 34.3. The molecule has 20 aromatic carbocycles. The second-order valence-corrected chi connectivity index (χ2v) is 31.8. The number of para-hydroxylation sites is 3. The zero-order valence-electron chi connectivity index (χ0n) is 64.7. The Labute approximate surface area is 667 Å². The van der Waals surface area contributed by atoms with Crippen LogP contribution in [-0.4, -0.2) is 4.98 Å². The number of nitriles is 1. The van der Waals surface area contributed by atoms with Gasteiger partial charge in [-0.25, -0.2) is 4.98 Å². The SMILES string of the molecule is Cc1cc(N(c2ccc(-c3ccc4cc(N(c5ccc(C#N)cc5)c5cc(C)c6ccc7c(C)cc(N(c8ccccc8)c8ccccc8)c8c9ccccc9c5c6c78)c5ccccc5c4c3)cc2)c2ccc3c(c2)C(C)(C)c2ccccc2-3)c2c3ccccc3c3c(N(c4ccccc4)c4ccccn4)cc(C)c4ccc1c2c43. The molecular weight excluding hydrogens is 1390 g/mol. The van der Waals surface area contributed by atoms with Gasteiger partial charge < -0.3 is 14.7 Å². The van der Waals surface area contributed by atoms with E-state index in [1.54, 1.807) is 0 Å². The van der Waals surface area contributed by atoms with E-state index in [4.69, 9.17) is 4.98 Å². The Morgan fingerprint density at radius 3 is 1.16 bits per heavy atom. The number of aromatic nitrogens is 1. The Kier molecular flexibility index (Phi) is 15.2. The maximum absolute atomic E-state index is 10.4. The summed E-state index contributed by atoms with van der Waals surface area (Å²) < 4.78 is 0.